The second-order valence-corrected chi connectivity index (χ2v) is 18.6. The minimum absolute atomic E-state index is 0.200. The molecule has 0 heterocycles. The number of allylic oxidation sites excluding steroid dienone is 7. The van der Waals surface area contributed by atoms with E-state index >= 15 is 0 Å². The number of nitrogens with zero attached hydrogens (tertiary/aromatic N) is 1. The molecule has 0 radical (unpaired) electrons. The molecule has 50 heavy (non-hydrogen) atoms. The van der Waals surface area contributed by atoms with Crippen LogP contribution >= 0.6 is 0 Å². The lowest BCUT2D eigenvalue weighted by molar-refractivity contribution is -0.0939. The van der Waals surface area contributed by atoms with Crippen LogP contribution in [0.2, 0.25) is 13.1 Å². The van der Waals surface area contributed by atoms with E-state index in [1.165, 1.54) is 113 Å². The van der Waals surface area contributed by atoms with Crippen LogP contribution in [0.3, 0.4) is 0 Å². The molecule has 0 rings (SSSR count). The van der Waals surface area contributed by atoms with Crippen LogP contribution in [-0.2, 0) is 13.6 Å². The number of terminal acetylenes is 1. The predicted octanol–water partition coefficient (Wildman–Crippen LogP) is 13.6. The number of hydrogen-bond donors (Lipinski definition) is 0. The van der Waals surface area contributed by atoms with E-state index < -0.39 is 8.56 Å². The topological polar surface area (TPSA) is 30.9 Å². The first-order valence-electron chi connectivity index (χ1n) is 20.7. The summed E-state index contributed by atoms with van der Waals surface area (Å²) < 4.78 is 19.4. The first-order valence-corrected chi connectivity index (χ1v) is 23.6. The number of unbranched alkanes of at least 4 members (excludes halogenated alkanes) is 14. The summed E-state index contributed by atoms with van der Waals surface area (Å²) in [5.41, 5.74) is 4.27. The van der Waals surface area contributed by atoms with Gasteiger partial charge in [0, 0.05) is 6.61 Å². The molecule has 0 fully saturated rings. The Bertz CT molecular complexity index is 940. The van der Waals surface area contributed by atoms with Crippen molar-refractivity contribution in [3.63, 3.8) is 0 Å². The predicted molar refractivity (Wildman–Crippen MR) is 224 cm³/mol. The van der Waals surface area contributed by atoms with Crippen LogP contribution in [0.4, 0.5) is 0 Å². The van der Waals surface area contributed by atoms with Gasteiger partial charge in [-0.15, -0.1) is 6.42 Å². The molecule has 0 aromatic heterocycles. The maximum absolute atomic E-state index is 6.61. The van der Waals surface area contributed by atoms with E-state index in [-0.39, 0.29) is 6.29 Å². The molecule has 5 heteroatoms. The fourth-order valence-corrected chi connectivity index (χ4v) is 7.46. The normalized spacial score (nSPS) is 13.4. The van der Waals surface area contributed by atoms with Crippen molar-refractivity contribution >= 4 is 8.56 Å². The van der Waals surface area contributed by atoms with Gasteiger partial charge in [0.1, 0.15) is 6.29 Å². The largest absolute Gasteiger partial charge is 0.394 e. The maximum Gasteiger partial charge on any atom is 0.333 e. The highest BCUT2D eigenvalue weighted by atomic mass is 28.4. The van der Waals surface area contributed by atoms with Crippen molar-refractivity contribution in [3.8, 4) is 12.3 Å². The van der Waals surface area contributed by atoms with Gasteiger partial charge >= 0.3 is 8.56 Å². The Balaban J connectivity index is 4.62. The highest BCUT2D eigenvalue weighted by Gasteiger charge is 2.29. The number of ether oxygens (including phenoxy) is 1. The quantitative estimate of drug-likeness (QED) is 0.0215. The molecule has 0 amide bonds. The van der Waals surface area contributed by atoms with Gasteiger partial charge in [-0.3, -0.25) is 4.90 Å². The molecule has 0 saturated heterocycles. The van der Waals surface area contributed by atoms with E-state index in [4.69, 9.17) is 20.0 Å². The first-order chi connectivity index (χ1) is 24.1. The minimum atomic E-state index is -2.30. The van der Waals surface area contributed by atoms with Crippen LogP contribution in [0.1, 0.15) is 176 Å². The Morgan fingerprint density at radius 1 is 0.700 bits per heavy atom. The molecule has 0 spiro atoms. The zero-order chi connectivity index (χ0) is 37.1. The van der Waals surface area contributed by atoms with Crippen LogP contribution < -0.4 is 0 Å². The van der Waals surface area contributed by atoms with E-state index in [2.05, 4.69) is 96.0 Å². The van der Waals surface area contributed by atoms with Crippen LogP contribution in [0.25, 0.3) is 0 Å². The Morgan fingerprint density at radius 2 is 1.26 bits per heavy atom. The molecule has 1 unspecified atom stereocenters. The Kier molecular flexibility index (Phi) is 33.7. The van der Waals surface area contributed by atoms with Crippen molar-refractivity contribution in [2.75, 3.05) is 33.4 Å². The van der Waals surface area contributed by atoms with Crippen LogP contribution in [0.5, 0.6) is 0 Å². The molecule has 0 saturated carbocycles. The molecule has 0 aliphatic heterocycles. The molecule has 0 aromatic rings. The molecule has 4 nitrogen and oxygen atoms in total. The Labute approximate surface area is 314 Å². The summed E-state index contributed by atoms with van der Waals surface area (Å²) in [4.78, 5) is 2.21. The van der Waals surface area contributed by atoms with Crippen molar-refractivity contribution < 1.29 is 13.6 Å². The molecular weight excluding hydrogens is 631 g/mol. The lowest BCUT2D eigenvalue weighted by atomic mass is 10.1. The highest BCUT2D eigenvalue weighted by molar-refractivity contribution is 6.64. The van der Waals surface area contributed by atoms with Crippen molar-refractivity contribution in [2.45, 2.75) is 195 Å². The molecule has 1 atom stereocenters. The van der Waals surface area contributed by atoms with Gasteiger partial charge in [-0.05, 0) is 131 Å². The van der Waals surface area contributed by atoms with Gasteiger partial charge in [0.15, 0.2) is 0 Å². The van der Waals surface area contributed by atoms with Gasteiger partial charge < -0.3 is 13.6 Å². The summed E-state index contributed by atoms with van der Waals surface area (Å²) in [6.45, 7) is 18.6. The summed E-state index contributed by atoms with van der Waals surface area (Å²) in [6.07, 6.45) is 44.1. The third kappa shape index (κ3) is 35.0. The fourth-order valence-electron chi connectivity index (χ4n) is 5.94. The number of rotatable bonds is 35. The molecule has 0 aliphatic carbocycles. The fraction of sp³-hybridized carbons (Fsp3) is 0.778. The van der Waals surface area contributed by atoms with E-state index in [0.29, 0.717) is 6.61 Å². The van der Waals surface area contributed by atoms with Gasteiger partial charge in [0.25, 0.3) is 0 Å². The highest BCUT2D eigenvalue weighted by Crippen LogP contribution is 2.19. The molecular formula is C45H83NO3Si. The molecule has 0 aromatic carbocycles. The third-order valence-electron chi connectivity index (χ3n) is 9.20. The average Bonchev–Trinajstić information content (AvgIpc) is 3.05. The standard InChI is InChI=1S/C45H83NO3Si/c1-10-12-13-14-15-16-17-18-19-20-21-22-23-24-27-36-45(47-41-37-44(6)35-31-34-43(5)33-30-32-42(3)4)49-50(8,9)48-40-29-26-25-28-39-46(7)38-11-2/h2,18-19,32,34,37,45H,10,12-17,20-31,33,35-36,38-41H2,1,3-9H3/b19-18-,43-34+,44-37+. The van der Waals surface area contributed by atoms with E-state index in [0.717, 1.165) is 64.6 Å². The van der Waals surface area contributed by atoms with E-state index in [1.807, 2.05) is 0 Å². The molecule has 290 valence electrons. The maximum atomic E-state index is 6.61. The smallest absolute Gasteiger partial charge is 0.333 e. The van der Waals surface area contributed by atoms with Crippen LogP contribution in [-0.4, -0.2) is 53.1 Å². The van der Waals surface area contributed by atoms with Crippen LogP contribution in [0.15, 0.2) is 47.1 Å². The molecule has 0 N–H and O–H groups in total. The van der Waals surface area contributed by atoms with Gasteiger partial charge in [0.05, 0.1) is 13.2 Å². The Hall–Kier alpha value is -1.42. The van der Waals surface area contributed by atoms with Gasteiger partial charge in [-0.25, -0.2) is 0 Å². The van der Waals surface area contributed by atoms with Crippen molar-refractivity contribution in [1.82, 2.24) is 4.90 Å². The SMILES string of the molecule is C#CCN(C)CCCCCCO[Si](C)(C)OC(CCCCCCC/C=C\CCCCCCCC)OC/C=C(\C)CC/C=C(\C)CCC=C(C)C. The second-order valence-electron chi connectivity index (χ2n) is 15.3. The number of hydrogen-bond acceptors (Lipinski definition) is 4. The molecule has 0 aliphatic rings. The monoisotopic (exact) mass is 714 g/mol. The zero-order valence-corrected chi connectivity index (χ0v) is 35.6. The van der Waals surface area contributed by atoms with Crippen molar-refractivity contribution in [2.24, 2.45) is 0 Å². The Morgan fingerprint density at radius 3 is 1.90 bits per heavy atom. The summed E-state index contributed by atoms with van der Waals surface area (Å²) in [5, 5.41) is 0. The van der Waals surface area contributed by atoms with E-state index in [1.54, 1.807) is 0 Å². The van der Waals surface area contributed by atoms with Gasteiger partial charge in [-0.2, -0.15) is 0 Å². The molecule has 0 bridgehead atoms. The van der Waals surface area contributed by atoms with Crippen molar-refractivity contribution in [1.29, 1.82) is 0 Å². The average molecular weight is 714 g/mol. The van der Waals surface area contributed by atoms with Crippen LogP contribution in [0, 0.1) is 12.3 Å². The van der Waals surface area contributed by atoms with Crippen molar-refractivity contribution in [3.05, 3.63) is 47.1 Å². The summed E-state index contributed by atoms with van der Waals surface area (Å²) >= 11 is 0. The second kappa shape index (κ2) is 34.7. The summed E-state index contributed by atoms with van der Waals surface area (Å²) in [5.74, 6) is 2.71. The zero-order valence-electron chi connectivity index (χ0n) is 34.6. The lowest BCUT2D eigenvalue weighted by Gasteiger charge is -2.29. The lowest BCUT2D eigenvalue weighted by Crippen LogP contribution is -2.40. The minimum Gasteiger partial charge on any atom is -0.394 e. The van der Waals surface area contributed by atoms with Gasteiger partial charge in [0.2, 0.25) is 0 Å². The van der Waals surface area contributed by atoms with E-state index in [9.17, 15) is 0 Å². The first kappa shape index (κ1) is 48.6. The summed E-state index contributed by atoms with van der Waals surface area (Å²) in [6, 6.07) is 0. The summed E-state index contributed by atoms with van der Waals surface area (Å²) in [7, 11) is -0.206. The van der Waals surface area contributed by atoms with Gasteiger partial charge in [-0.1, -0.05) is 124 Å². The third-order valence-corrected chi connectivity index (χ3v) is 10.9.